The summed E-state index contributed by atoms with van der Waals surface area (Å²) >= 11 is 5.01. The molecule has 0 spiro atoms. The number of hydrazone groups is 1. The number of nitrogens with zero attached hydrogens (tertiary/aromatic N) is 3. The summed E-state index contributed by atoms with van der Waals surface area (Å²) in [5.74, 6) is 0.270. The lowest BCUT2D eigenvalue weighted by Crippen LogP contribution is -2.28. The third kappa shape index (κ3) is 4.56. The van der Waals surface area contributed by atoms with Gasteiger partial charge in [-0.25, -0.2) is 14.8 Å². The molecule has 7 heteroatoms. The Morgan fingerprint density at radius 3 is 2.62 bits per heavy atom. The summed E-state index contributed by atoms with van der Waals surface area (Å²) in [6, 6.07) is 28.5. The Bertz CT molecular complexity index is 1790. The molecule has 0 radical (unpaired) electrons. The van der Waals surface area contributed by atoms with E-state index < -0.39 is 5.63 Å². The van der Waals surface area contributed by atoms with Gasteiger partial charge in [-0.3, -0.25) is 0 Å². The number of aromatic nitrogens is 1. The van der Waals surface area contributed by atoms with Crippen LogP contribution in [-0.4, -0.2) is 10.7 Å². The van der Waals surface area contributed by atoms with Crippen molar-refractivity contribution in [1.82, 2.24) is 4.98 Å². The lowest BCUT2D eigenvalue weighted by molar-refractivity contribution is 0.487. The summed E-state index contributed by atoms with van der Waals surface area (Å²) in [5.41, 5.74) is 6.06. The van der Waals surface area contributed by atoms with E-state index in [4.69, 9.17) is 14.5 Å². The number of allylic oxidation sites excluding steroid dienone is 1. The molecule has 1 aliphatic carbocycles. The molecule has 2 aromatic heterocycles. The fraction of sp³-hybridized carbons (Fsp3) is 0.156. The number of hydrogen-bond acceptors (Lipinski definition) is 6. The topological polar surface area (TPSA) is 58.7 Å². The van der Waals surface area contributed by atoms with E-state index in [9.17, 15) is 4.79 Å². The van der Waals surface area contributed by atoms with E-state index in [0.717, 1.165) is 40.0 Å². The highest BCUT2D eigenvalue weighted by Crippen LogP contribution is 2.47. The Labute approximate surface area is 238 Å². The van der Waals surface area contributed by atoms with Crippen molar-refractivity contribution in [1.29, 1.82) is 0 Å². The van der Waals surface area contributed by atoms with E-state index in [1.807, 2.05) is 35.7 Å². The van der Waals surface area contributed by atoms with E-state index in [0.29, 0.717) is 16.8 Å². The number of hydrogen-bond donors (Lipinski definition) is 0. The number of fused-ring (bicyclic) bond motifs is 2. The number of halogens is 1. The van der Waals surface area contributed by atoms with Gasteiger partial charge in [-0.2, -0.15) is 5.10 Å². The Balaban J connectivity index is 1.32. The normalized spacial score (nSPS) is 19.9. The molecule has 3 heterocycles. The molecule has 5 nitrogen and oxygen atoms in total. The smallest absolute Gasteiger partial charge is 0.345 e. The predicted molar refractivity (Wildman–Crippen MR) is 162 cm³/mol. The first-order chi connectivity index (χ1) is 19.1. The molecular weight excluding hydrogens is 570 g/mol. The van der Waals surface area contributed by atoms with Gasteiger partial charge >= 0.3 is 5.63 Å². The van der Waals surface area contributed by atoms with Crippen molar-refractivity contribution in [2.24, 2.45) is 11.0 Å². The third-order valence-electron chi connectivity index (χ3n) is 7.44. The van der Waals surface area contributed by atoms with Gasteiger partial charge < -0.3 is 4.42 Å². The van der Waals surface area contributed by atoms with E-state index in [1.54, 1.807) is 6.07 Å². The van der Waals surface area contributed by atoms with Crippen LogP contribution in [0.3, 0.4) is 0 Å². The monoisotopic (exact) mass is 593 g/mol. The van der Waals surface area contributed by atoms with Crippen LogP contribution in [0.25, 0.3) is 28.3 Å². The SMILES string of the molecule is O=c1oc2ccc(Br)cc2cc1-c1csc(N2N=C3/C(=C\c4ccccc4)CCC[C@H]3[C@@H]2c2ccccc2)n1. The Morgan fingerprint density at radius 1 is 1.00 bits per heavy atom. The second-order valence-electron chi connectivity index (χ2n) is 9.91. The van der Waals surface area contributed by atoms with Crippen LogP contribution in [0.1, 0.15) is 36.4 Å². The summed E-state index contributed by atoms with van der Waals surface area (Å²) in [4.78, 5) is 17.8. The first-order valence-corrected chi connectivity index (χ1v) is 14.7. The molecule has 1 saturated carbocycles. The highest BCUT2D eigenvalue weighted by atomic mass is 79.9. The maximum atomic E-state index is 12.9. The second kappa shape index (κ2) is 10.1. The molecule has 1 fully saturated rings. The Hall–Kier alpha value is -3.81. The van der Waals surface area contributed by atoms with Crippen molar-refractivity contribution in [2.75, 3.05) is 5.01 Å². The number of thiazole rings is 1. The van der Waals surface area contributed by atoms with Crippen LogP contribution in [0.15, 0.2) is 115 Å². The summed E-state index contributed by atoms with van der Waals surface area (Å²) in [6.07, 6.45) is 5.48. The number of anilines is 1. The van der Waals surface area contributed by atoms with Gasteiger partial charge in [0, 0.05) is 21.2 Å². The lowest BCUT2D eigenvalue weighted by atomic mass is 9.77. The molecular formula is C32H24BrN3O2S. The van der Waals surface area contributed by atoms with Gasteiger partial charge in [0.05, 0.1) is 23.0 Å². The highest BCUT2D eigenvalue weighted by molar-refractivity contribution is 9.10. The second-order valence-corrected chi connectivity index (χ2v) is 11.7. The lowest BCUT2D eigenvalue weighted by Gasteiger charge is -2.29. The predicted octanol–water partition coefficient (Wildman–Crippen LogP) is 8.48. The number of rotatable bonds is 4. The van der Waals surface area contributed by atoms with Gasteiger partial charge in [0.2, 0.25) is 5.13 Å². The van der Waals surface area contributed by atoms with Gasteiger partial charge in [0.1, 0.15) is 5.58 Å². The molecule has 7 rings (SSSR count). The molecule has 0 saturated heterocycles. The van der Waals surface area contributed by atoms with Crippen molar-refractivity contribution in [3.63, 3.8) is 0 Å². The van der Waals surface area contributed by atoms with Crippen LogP contribution in [0.5, 0.6) is 0 Å². The van der Waals surface area contributed by atoms with Gasteiger partial charge in [-0.1, -0.05) is 76.6 Å². The molecule has 0 bridgehead atoms. The van der Waals surface area contributed by atoms with E-state index in [1.165, 1.54) is 28.0 Å². The average molecular weight is 595 g/mol. The minimum Gasteiger partial charge on any atom is -0.422 e. The maximum Gasteiger partial charge on any atom is 0.345 e. The molecule has 2 atom stereocenters. The first kappa shape index (κ1) is 24.2. The van der Waals surface area contributed by atoms with Gasteiger partial charge in [-0.05, 0) is 66.3 Å². The molecule has 39 heavy (non-hydrogen) atoms. The fourth-order valence-electron chi connectivity index (χ4n) is 5.66. The van der Waals surface area contributed by atoms with Crippen LogP contribution in [0.4, 0.5) is 5.13 Å². The fourth-order valence-corrected chi connectivity index (χ4v) is 6.85. The van der Waals surface area contributed by atoms with E-state index >= 15 is 0 Å². The largest absolute Gasteiger partial charge is 0.422 e. The minimum absolute atomic E-state index is 0.0450. The van der Waals surface area contributed by atoms with Crippen molar-refractivity contribution in [2.45, 2.75) is 25.3 Å². The van der Waals surface area contributed by atoms with Crippen molar-refractivity contribution >= 4 is 55.2 Å². The molecule has 0 amide bonds. The molecule has 1 aliphatic heterocycles. The van der Waals surface area contributed by atoms with Gasteiger partial charge in [0.15, 0.2) is 0 Å². The van der Waals surface area contributed by atoms with Crippen LogP contribution in [0.2, 0.25) is 0 Å². The Morgan fingerprint density at radius 2 is 1.79 bits per heavy atom. The summed E-state index contributed by atoms with van der Waals surface area (Å²) < 4.78 is 6.54. The van der Waals surface area contributed by atoms with Crippen molar-refractivity contribution in [3.8, 4) is 11.3 Å². The summed E-state index contributed by atoms with van der Waals surface area (Å²) in [5, 5.41) is 10.8. The Kier molecular flexibility index (Phi) is 6.25. The average Bonchev–Trinajstić information content (AvgIpc) is 3.60. The zero-order chi connectivity index (χ0) is 26.3. The molecule has 5 aromatic rings. The highest BCUT2D eigenvalue weighted by Gasteiger charge is 2.42. The third-order valence-corrected chi connectivity index (χ3v) is 8.76. The van der Waals surface area contributed by atoms with E-state index in [-0.39, 0.29) is 12.0 Å². The van der Waals surface area contributed by atoms with Gasteiger partial charge in [0.25, 0.3) is 0 Å². The molecule has 192 valence electrons. The minimum atomic E-state index is -0.393. The van der Waals surface area contributed by atoms with Gasteiger partial charge in [-0.15, -0.1) is 11.3 Å². The van der Waals surface area contributed by atoms with Crippen molar-refractivity contribution in [3.05, 3.63) is 122 Å². The quantitative estimate of drug-likeness (QED) is 0.196. The van der Waals surface area contributed by atoms with Crippen LogP contribution < -0.4 is 10.6 Å². The number of benzene rings is 3. The zero-order valence-corrected chi connectivity index (χ0v) is 23.4. The standard InChI is InChI=1S/C32H24BrN3O2S/c33-24-14-15-28-23(17-24)18-26(31(37)38-28)27-19-39-32(34-27)36-30(21-10-5-2-6-11-21)25-13-7-12-22(29(25)35-36)16-20-8-3-1-4-9-20/h1-6,8-11,14-19,25,30H,7,12-13H2/b22-16-/t25-,30+/m1/s1. The molecule has 0 unspecified atom stereocenters. The van der Waals surface area contributed by atoms with Crippen LogP contribution in [-0.2, 0) is 0 Å². The van der Waals surface area contributed by atoms with E-state index in [2.05, 4.69) is 75.5 Å². The zero-order valence-electron chi connectivity index (χ0n) is 21.0. The molecule has 2 aliphatic rings. The van der Waals surface area contributed by atoms with Crippen molar-refractivity contribution < 1.29 is 4.42 Å². The maximum absolute atomic E-state index is 12.9. The van der Waals surface area contributed by atoms with Crippen LogP contribution >= 0.6 is 27.3 Å². The summed E-state index contributed by atoms with van der Waals surface area (Å²) in [6.45, 7) is 0. The summed E-state index contributed by atoms with van der Waals surface area (Å²) in [7, 11) is 0. The first-order valence-electron chi connectivity index (χ1n) is 13.0. The molecule has 0 N–H and O–H groups in total. The van der Waals surface area contributed by atoms with Crippen LogP contribution in [0, 0.1) is 5.92 Å². The molecule has 3 aromatic carbocycles.